The molecular weight excluding hydrogens is 481 g/mol. The molecule has 9 nitrogen and oxygen atoms in total. The van der Waals surface area contributed by atoms with Crippen molar-refractivity contribution in [3.8, 4) is 5.75 Å². The molecule has 35 heavy (non-hydrogen) atoms. The maximum Gasteiger partial charge on any atom is 0.573 e. The second-order valence-electron chi connectivity index (χ2n) is 6.61. The summed E-state index contributed by atoms with van der Waals surface area (Å²) in [6.45, 7) is 3.16. The van der Waals surface area contributed by atoms with Crippen molar-refractivity contribution in [1.82, 2.24) is 19.5 Å². The van der Waals surface area contributed by atoms with Crippen molar-refractivity contribution >= 4 is 16.9 Å². The maximum absolute atomic E-state index is 12.2. The number of hydrogen-bond donors (Lipinski definition) is 2. The number of nitrogens with zero attached hydrogens (tertiary/aromatic N) is 4. The van der Waals surface area contributed by atoms with E-state index in [0.717, 1.165) is 43.7 Å². The number of hydrogen-bond acceptors (Lipinski definition) is 7. The number of aromatic nitrogens is 4. The van der Waals surface area contributed by atoms with E-state index in [-0.39, 0.29) is 11.4 Å². The normalized spacial score (nSPS) is 10.9. The Balaban J connectivity index is 0.000000372. The number of ether oxygens (including phenoxy) is 2. The molecule has 2 aromatic heterocycles. The molecule has 0 saturated heterocycles. The van der Waals surface area contributed by atoms with Crippen LogP contribution in [0, 0.1) is 0 Å². The number of aryl methyl sites for hydroxylation is 1. The van der Waals surface area contributed by atoms with Gasteiger partial charge in [-0.25, -0.2) is 18.7 Å². The molecule has 0 aliphatic rings. The topological polar surface area (TPSA) is 125 Å². The highest BCUT2D eigenvalue weighted by molar-refractivity contribution is 5.90. The van der Waals surface area contributed by atoms with Gasteiger partial charge in [0.2, 0.25) is 0 Å². The Labute approximate surface area is 197 Å². The van der Waals surface area contributed by atoms with Crippen molar-refractivity contribution in [1.29, 1.82) is 0 Å². The fourth-order valence-electron chi connectivity index (χ4n) is 2.78. The molecule has 1 amide bonds. The number of primary amides is 1. The van der Waals surface area contributed by atoms with Gasteiger partial charge in [-0.05, 0) is 18.6 Å². The van der Waals surface area contributed by atoms with Crippen molar-refractivity contribution in [3.05, 3.63) is 47.8 Å². The predicted octanol–water partition coefficient (Wildman–Crippen LogP) is 3.66. The molecule has 1 aromatic carbocycles. The minimum atomic E-state index is -4.70. The highest BCUT2D eigenvalue weighted by Gasteiger charge is 2.31. The lowest BCUT2D eigenvalue weighted by atomic mass is 10.3. The van der Waals surface area contributed by atoms with Crippen molar-refractivity contribution < 1.29 is 41.3 Å². The maximum atomic E-state index is 12.2. The number of aliphatic hydroxyl groups excluding tert-OH is 1. The molecule has 14 heteroatoms. The predicted molar refractivity (Wildman–Crippen MR) is 116 cm³/mol. The van der Waals surface area contributed by atoms with Gasteiger partial charge in [0.05, 0.1) is 30.0 Å². The van der Waals surface area contributed by atoms with Gasteiger partial charge in [0.15, 0.2) is 0 Å². The fourth-order valence-corrected chi connectivity index (χ4v) is 2.78. The van der Waals surface area contributed by atoms with Crippen LogP contribution in [0.3, 0.4) is 0 Å². The van der Waals surface area contributed by atoms with Gasteiger partial charge in [0.25, 0.3) is 12.3 Å². The van der Waals surface area contributed by atoms with Crippen LogP contribution < -0.4 is 10.5 Å². The number of alkyl halides is 5. The van der Waals surface area contributed by atoms with Crippen molar-refractivity contribution in [2.24, 2.45) is 5.73 Å². The van der Waals surface area contributed by atoms with E-state index in [0.29, 0.717) is 18.7 Å². The van der Waals surface area contributed by atoms with Gasteiger partial charge in [-0.2, -0.15) is 0 Å². The summed E-state index contributed by atoms with van der Waals surface area (Å²) >= 11 is 0. The Morgan fingerprint density at radius 3 is 2.37 bits per heavy atom. The minimum absolute atomic E-state index is 0.126. The number of imidazole rings is 1. The average molecular weight is 507 g/mol. The van der Waals surface area contributed by atoms with Crippen LogP contribution in [-0.4, -0.2) is 57.7 Å². The van der Waals surface area contributed by atoms with Gasteiger partial charge >= 0.3 is 6.36 Å². The third-order valence-corrected chi connectivity index (χ3v) is 4.17. The first-order chi connectivity index (χ1) is 16.6. The summed E-state index contributed by atoms with van der Waals surface area (Å²) < 4.78 is 71.5. The van der Waals surface area contributed by atoms with E-state index in [1.54, 1.807) is 13.2 Å². The number of aliphatic hydroxyl groups is 1. The summed E-state index contributed by atoms with van der Waals surface area (Å²) in [6.07, 6.45) is -3.97. The number of carbonyl (C=O) groups is 1. The Kier molecular flexibility index (Phi) is 12.0. The van der Waals surface area contributed by atoms with Crippen molar-refractivity contribution in [2.75, 3.05) is 20.8 Å². The van der Waals surface area contributed by atoms with Gasteiger partial charge in [0, 0.05) is 33.3 Å². The Morgan fingerprint density at radius 1 is 1.20 bits per heavy atom. The molecule has 0 atom stereocenters. The minimum Gasteiger partial charge on any atom is -0.406 e. The van der Waals surface area contributed by atoms with Crippen LogP contribution in [0.1, 0.15) is 41.8 Å². The molecule has 2 heterocycles. The van der Waals surface area contributed by atoms with Crippen LogP contribution in [-0.2, 0) is 17.7 Å². The second kappa shape index (κ2) is 14.1. The van der Waals surface area contributed by atoms with Gasteiger partial charge in [-0.3, -0.25) is 9.78 Å². The van der Waals surface area contributed by atoms with E-state index >= 15 is 0 Å². The molecular formula is C21H26F5N5O4. The van der Waals surface area contributed by atoms with E-state index in [4.69, 9.17) is 15.6 Å². The molecule has 0 saturated carbocycles. The van der Waals surface area contributed by atoms with E-state index in [1.165, 1.54) is 12.1 Å². The number of fused-ring (bicyclic) bond motifs is 1. The molecule has 3 rings (SSSR count). The number of benzene rings is 1. The van der Waals surface area contributed by atoms with Crippen LogP contribution >= 0.6 is 0 Å². The summed E-state index contributed by atoms with van der Waals surface area (Å²) in [7, 11) is 2.61. The number of nitrogens with two attached hydrogens (primary N) is 1. The monoisotopic (exact) mass is 507 g/mol. The summed E-state index contributed by atoms with van der Waals surface area (Å²) in [5, 5.41) is 7.00. The van der Waals surface area contributed by atoms with Gasteiger partial charge < -0.3 is 24.9 Å². The Morgan fingerprint density at radius 2 is 1.89 bits per heavy atom. The fraction of sp³-hybridized carbons (Fsp3) is 0.429. The number of halogens is 5. The summed E-state index contributed by atoms with van der Waals surface area (Å²) in [4.78, 5) is 21.5. The molecule has 0 fully saturated rings. The smallest absolute Gasteiger partial charge is 0.406 e. The molecule has 194 valence electrons. The highest BCUT2D eigenvalue weighted by Crippen LogP contribution is 2.27. The van der Waals surface area contributed by atoms with Crippen molar-refractivity contribution in [2.45, 2.75) is 39.1 Å². The number of rotatable bonds is 8. The van der Waals surface area contributed by atoms with Crippen LogP contribution in [0.2, 0.25) is 0 Å². The molecule has 3 N–H and O–H groups in total. The Hall–Kier alpha value is -3.39. The summed E-state index contributed by atoms with van der Waals surface area (Å²) in [6, 6.07) is 4.21. The van der Waals surface area contributed by atoms with Crippen LogP contribution in [0.25, 0.3) is 11.0 Å². The SMILES string of the molecule is CCCc1nc2cc(OC(F)(F)F)ccc2n1CCOC.CO.NC(=O)c1cnc(C(F)F)cn1. The largest absolute Gasteiger partial charge is 0.573 e. The lowest BCUT2D eigenvalue weighted by molar-refractivity contribution is -0.274. The average Bonchev–Trinajstić information content (AvgIpc) is 3.14. The molecule has 0 radical (unpaired) electrons. The number of carbonyl (C=O) groups excluding carboxylic acids is 1. The molecule has 3 aromatic rings. The van der Waals surface area contributed by atoms with Gasteiger partial charge in [-0.15, -0.1) is 13.2 Å². The van der Waals surface area contributed by atoms with E-state index < -0.39 is 24.4 Å². The zero-order valence-corrected chi connectivity index (χ0v) is 19.2. The lowest BCUT2D eigenvalue weighted by Crippen LogP contribution is -2.17. The molecule has 0 aliphatic carbocycles. The lowest BCUT2D eigenvalue weighted by Gasteiger charge is -2.09. The molecule has 0 spiro atoms. The number of methoxy groups -OCH3 is 1. The van der Waals surface area contributed by atoms with Crippen LogP contribution in [0.15, 0.2) is 30.6 Å². The zero-order chi connectivity index (χ0) is 26.6. The summed E-state index contributed by atoms with van der Waals surface area (Å²) in [5.41, 5.74) is 5.49. The quantitative estimate of drug-likeness (QED) is 0.446. The molecule has 0 unspecified atom stereocenters. The van der Waals surface area contributed by atoms with Gasteiger partial charge in [-0.1, -0.05) is 6.92 Å². The second-order valence-corrected chi connectivity index (χ2v) is 6.61. The first kappa shape index (κ1) is 29.6. The van der Waals surface area contributed by atoms with Crippen LogP contribution in [0.5, 0.6) is 5.75 Å². The highest BCUT2D eigenvalue weighted by atomic mass is 19.4. The van der Waals surface area contributed by atoms with Gasteiger partial charge in [0.1, 0.15) is 23.0 Å². The van der Waals surface area contributed by atoms with Crippen molar-refractivity contribution in [3.63, 3.8) is 0 Å². The van der Waals surface area contributed by atoms with E-state index in [1.807, 2.05) is 11.5 Å². The molecule has 0 bridgehead atoms. The van der Waals surface area contributed by atoms with Crippen LogP contribution in [0.4, 0.5) is 22.0 Å². The third kappa shape index (κ3) is 9.41. The zero-order valence-electron chi connectivity index (χ0n) is 19.2. The number of amides is 1. The first-order valence-corrected chi connectivity index (χ1v) is 10.1. The van der Waals surface area contributed by atoms with E-state index in [9.17, 15) is 26.7 Å². The molecule has 0 aliphatic heterocycles. The Bertz CT molecular complexity index is 1060. The van der Waals surface area contributed by atoms with E-state index in [2.05, 4.69) is 19.7 Å². The third-order valence-electron chi connectivity index (χ3n) is 4.17. The summed E-state index contributed by atoms with van der Waals surface area (Å²) in [5.74, 6) is -0.202. The standard InChI is InChI=1S/C14H17F3N2O2.C6H5F2N3O.CH4O/c1-3-4-13-18-11-9-10(21-14(15,16)17)5-6-12(11)19(13)7-8-20-2;7-5(8)3-1-11-4(2-10-3)6(9)12;1-2/h5-6,9H,3-4,7-8H2,1-2H3;1-2,5H,(H2,9,12);2H,1H3. The first-order valence-electron chi connectivity index (χ1n) is 10.1.